The molecule has 0 unspecified atom stereocenters. The lowest BCUT2D eigenvalue weighted by molar-refractivity contribution is -0.384. The number of alkyl halides is 3. The predicted octanol–water partition coefficient (Wildman–Crippen LogP) is 3.20. The number of nitro benzene ring substituents is 1. The third kappa shape index (κ3) is 5.95. The number of hydrogen-bond donors (Lipinski definition) is 1. The van der Waals surface area contributed by atoms with Crippen molar-refractivity contribution in [1.82, 2.24) is 0 Å². The molecule has 0 aliphatic carbocycles. The average Bonchev–Trinajstić information content (AvgIpc) is 2.51. The summed E-state index contributed by atoms with van der Waals surface area (Å²) >= 11 is 0. The fourth-order valence-corrected chi connectivity index (χ4v) is 3.88. The first-order valence-corrected chi connectivity index (χ1v) is 10.3. The van der Waals surface area contributed by atoms with E-state index < -0.39 is 55.3 Å². The molecule has 9 nitrogen and oxygen atoms in total. The van der Waals surface area contributed by atoms with Gasteiger partial charge in [0.2, 0.25) is 0 Å². The molecule has 29 heavy (non-hydrogen) atoms. The third-order valence-corrected chi connectivity index (χ3v) is 5.55. The van der Waals surface area contributed by atoms with Crippen LogP contribution in [-0.4, -0.2) is 49.6 Å². The Morgan fingerprint density at radius 1 is 1.21 bits per heavy atom. The van der Waals surface area contributed by atoms with Crippen LogP contribution in [0.5, 0.6) is 0 Å². The largest absolute Gasteiger partial charge is 0.444 e. The standard InChI is InChI=1S/C16H20F3N3O6S/c1-15(2,3)28-14(23)20-11-9-12(21-4-6-29(26,27)7-5-21)10(16(17,18)19)8-13(11)22(24)25/h8-9H,4-7H2,1-3H3,(H,20,23). The number of nitrogens with zero attached hydrogens (tertiary/aromatic N) is 2. The maximum absolute atomic E-state index is 13.5. The predicted molar refractivity (Wildman–Crippen MR) is 98.8 cm³/mol. The van der Waals surface area contributed by atoms with E-state index in [0.29, 0.717) is 6.07 Å². The second kappa shape index (κ2) is 7.69. The number of anilines is 2. The molecule has 0 atom stereocenters. The summed E-state index contributed by atoms with van der Waals surface area (Å²) in [6.45, 7) is 4.22. The van der Waals surface area contributed by atoms with Crippen LogP contribution in [0.3, 0.4) is 0 Å². The van der Waals surface area contributed by atoms with Crippen LogP contribution in [0, 0.1) is 10.1 Å². The number of hydrogen-bond acceptors (Lipinski definition) is 7. The topological polar surface area (TPSA) is 119 Å². The van der Waals surface area contributed by atoms with Gasteiger partial charge in [-0.25, -0.2) is 13.2 Å². The highest BCUT2D eigenvalue weighted by Gasteiger charge is 2.39. The Morgan fingerprint density at radius 2 is 1.76 bits per heavy atom. The second-order valence-corrected chi connectivity index (χ2v) is 9.71. The van der Waals surface area contributed by atoms with Crippen LogP contribution >= 0.6 is 0 Å². The summed E-state index contributed by atoms with van der Waals surface area (Å²) in [5, 5.41) is 13.4. The van der Waals surface area contributed by atoms with E-state index in [1.807, 2.05) is 0 Å². The van der Waals surface area contributed by atoms with Crippen molar-refractivity contribution < 1.29 is 36.0 Å². The summed E-state index contributed by atoms with van der Waals surface area (Å²) in [5.74, 6) is -0.702. The fourth-order valence-electron chi connectivity index (χ4n) is 2.68. The van der Waals surface area contributed by atoms with Gasteiger partial charge in [0.15, 0.2) is 9.84 Å². The monoisotopic (exact) mass is 439 g/mol. The molecule has 1 aromatic rings. The normalized spacial score (nSPS) is 17.0. The van der Waals surface area contributed by atoms with Crippen molar-refractivity contribution in [2.24, 2.45) is 0 Å². The van der Waals surface area contributed by atoms with Gasteiger partial charge in [-0.2, -0.15) is 13.2 Å². The van der Waals surface area contributed by atoms with E-state index in [1.54, 1.807) is 20.8 Å². The van der Waals surface area contributed by atoms with Crippen LogP contribution in [0.2, 0.25) is 0 Å². The number of amides is 1. The first kappa shape index (κ1) is 22.7. The molecule has 0 spiro atoms. The van der Waals surface area contributed by atoms with Gasteiger partial charge in [0.05, 0.1) is 27.7 Å². The highest BCUT2D eigenvalue weighted by Crippen LogP contribution is 2.42. The number of ether oxygens (including phenoxy) is 1. The Morgan fingerprint density at radius 3 is 2.21 bits per heavy atom. The van der Waals surface area contributed by atoms with E-state index in [-0.39, 0.29) is 24.6 Å². The summed E-state index contributed by atoms with van der Waals surface area (Å²) in [6.07, 6.45) is -6.01. The fraction of sp³-hybridized carbons (Fsp3) is 0.562. The molecule has 1 saturated heterocycles. The van der Waals surface area contributed by atoms with Crippen LogP contribution in [-0.2, 0) is 20.8 Å². The summed E-state index contributed by atoms with van der Waals surface area (Å²) < 4.78 is 68.8. The Labute approximate surface area is 164 Å². The molecule has 1 fully saturated rings. The number of nitro groups is 1. The van der Waals surface area contributed by atoms with Gasteiger partial charge < -0.3 is 9.64 Å². The first-order valence-electron chi connectivity index (χ1n) is 8.44. The molecule has 0 aromatic heterocycles. The van der Waals surface area contributed by atoms with Crippen molar-refractivity contribution in [2.75, 3.05) is 34.8 Å². The minimum atomic E-state index is -4.93. The number of benzene rings is 1. The maximum atomic E-state index is 13.5. The van der Waals surface area contributed by atoms with Crippen LogP contribution in [0.4, 0.5) is 35.0 Å². The number of carbonyl (C=O) groups is 1. The maximum Gasteiger partial charge on any atom is 0.418 e. The lowest BCUT2D eigenvalue weighted by Gasteiger charge is -2.31. The van der Waals surface area contributed by atoms with Crippen molar-refractivity contribution >= 4 is 33.0 Å². The molecule has 2 rings (SSSR count). The molecule has 1 N–H and O–H groups in total. The number of carbonyl (C=O) groups excluding carboxylic acids is 1. The van der Waals surface area contributed by atoms with Crippen molar-refractivity contribution in [3.63, 3.8) is 0 Å². The van der Waals surface area contributed by atoms with Gasteiger partial charge in [-0.1, -0.05) is 0 Å². The molecule has 162 valence electrons. The van der Waals surface area contributed by atoms with Gasteiger partial charge in [0.25, 0.3) is 5.69 Å². The minimum Gasteiger partial charge on any atom is -0.444 e. The minimum absolute atomic E-state index is 0.213. The van der Waals surface area contributed by atoms with Crippen LogP contribution in [0.1, 0.15) is 26.3 Å². The molecule has 1 amide bonds. The smallest absolute Gasteiger partial charge is 0.418 e. The van der Waals surface area contributed by atoms with E-state index in [4.69, 9.17) is 4.74 Å². The summed E-state index contributed by atoms with van der Waals surface area (Å²) in [4.78, 5) is 23.4. The summed E-state index contributed by atoms with van der Waals surface area (Å²) in [5.41, 5.74) is -4.13. The molecule has 1 aromatic carbocycles. The van der Waals surface area contributed by atoms with Gasteiger partial charge in [0.1, 0.15) is 11.3 Å². The van der Waals surface area contributed by atoms with Gasteiger partial charge in [-0.3, -0.25) is 15.4 Å². The summed E-state index contributed by atoms with van der Waals surface area (Å²) in [6, 6.07) is 1.15. The highest BCUT2D eigenvalue weighted by atomic mass is 32.2. The second-order valence-electron chi connectivity index (χ2n) is 7.41. The Hall–Kier alpha value is -2.57. The molecule has 0 radical (unpaired) electrons. The van der Waals surface area contributed by atoms with Gasteiger partial charge in [-0.05, 0) is 26.8 Å². The van der Waals surface area contributed by atoms with E-state index in [1.165, 1.54) is 4.90 Å². The zero-order chi connectivity index (χ0) is 22.2. The SMILES string of the molecule is CC(C)(C)OC(=O)Nc1cc(N2CCS(=O)(=O)CC2)c(C(F)(F)F)cc1[N+](=O)[O-]. The number of halogens is 3. The molecular weight excluding hydrogens is 419 g/mol. The Balaban J connectivity index is 2.53. The quantitative estimate of drug-likeness (QED) is 0.567. The van der Waals surface area contributed by atoms with Crippen LogP contribution < -0.4 is 10.2 Å². The van der Waals surface area contributed by atoms with Gasteiger partial charge in [-0.15, -0.1) is 0 Å². The molecule has 0 bridgehead atoms. The molecule has 1 aliphatic heterocycles. The zero-order valence-electron chi connectivity index (χ0n) is 15.9. The number of nitrogens with one attached hydrogen (secondary N) is 1. The number of rotatable bonds is 3. The van der Waals surface area contributed by atoms with Gasteiger partial charge >= 0.3 is 12.3 Å². The van der Waals surface area contributed by atoms with Crippen LogP contribution in [0.15, 0.2) is 12.1 Å². The molecular formula is C16H20F3N3O6S. The Bertz CT molecular complexity index is 911. The average molecular weight is 439 g/mol. The first-order chi connectivity index (χ1) is 13.1. The third-order valence-electron chi connectivity index (χ3n) is 3.94. The van der Waals surface area contributed by atoms with Crippen molar-refractivity contribution in [1.29, 1.82) is 0 Å². The molecule has 0 saturated carbocycles. The van der Waals surface area contributed by atoms with Crippen molar-refractivity contribution in [3.8, 4) is 0 Å². The van der Waals surface area contributed by atoms with Crippen molar-refractivity contribution in [3.05, 3.63) is 27.8 Å². The Kier molecular flexibility index (Phi) is 6.02. The zero-order valence-corrected chi connectivity index (χ0v) is 16.7. The lowest BCUT2D eigenvalue weighted by atomic mass is 10.1. The highest BCUT2D eigenvalue weighted by molar-refractivity contribution is 7.91. The van der Waals surface area contributed by atoms with E-state index >= 15 is 0 Å². The summed E-state index contributed by atoms with van der Waals surface area (Å²) in [7, 11) is -3.36. The van der Waals surface area contributed by atoms with Crippen LogP contribution in [0.25, 0.3) is 0 Å². The lowest BCUT2D eigenvalue weighted by Crippen LogP contribution is -2.41. The molecule has 13 heteroatoms. The number of sulfone groups is 1. The van der Waals surface area contributed by atoms with Crippen molar-refractivity contribution in [2.45, 2.75) is 32.5 Å². The van der Waals surface area contributed by atoms with E-state index in [0.717, 1.165) is 6.07 Å². The van der Waals surface area contributed by atoms with E-state index in [9.17, 15) is 36.5 Å². The van der Waals surface area contributed by atoms with E-state index in [2.05, 4.69) is 5.32 Å². The molecule has 1 heterocycles. The van der Waals surface area contributed by atoms with Gasteiger partial charge in [0, 0.05) is 19.2 Å². The molecule has 1 aliphatic rings.